The van der Waals surface area contributed by atoms with Crippen LogP contribution in [0, 0.1) is 28.6 Å². The summed E-state index contributed by atoms with van der Waals surface area (Å²) in [7, 11) is 3.14. The topological polar surface area (TPSA) is 167 Å². The highest BCUT2D eigenvalue weighted by molar-refractivity contribution is 6.33. The zero-order valence-corrected chi connectivity index (χ0v) is 22.8. The number of carbonyl (C=O) groups is 5. The van der Waals surface area contributed by atoms with Gasteiger partial charge < -0.3 is 21.3 Å². The second kappa shape index (κ2) is 9.07. The van der Waals surface area contributed by atoms with Crippen LogP contribution in [-0.4, -0.2) is 76.4 Å². The fourth-order valence-corrected chi connectivity index (χ4v) is 7.44. The molecule has 1 amide bonds. The van der Waals surface area contributed by atoms with Gasteiger partial charge in [0.2, 0.25) is 5.91 Å². The molecule has 206 valence electrons. The summed E-state index contributed by atoms with van der Waals surface area (Å²) in [5.74, 6) is -8.38. The first kappa shape index (κ1) is 28.1. The number of hydrogen-bond donors (Lipinski definition) is 4. The zero-order chi connectivity index (χ0) is 28.5. The Morgan fingerprint density at radius 3 is 2.34 bits per heavy atom. The van der Waals surface area contributed by atoms with Crippen molar-refractivity contribution in [2.24, 2.45) is 34.3 Å². The first-order valence-corrected chi connectivity index (χ1v) is 12.9. The number of nitrogens with two attached hydrogens (primary N) is 1. The van der Waals surface area contributed by atoms with Gasteiger partial charge in [-0.05, 0) is 62.0 Å². The molecule has 0 radical (unpaired) electrons. The maximum absolute atomic E-state index is 14.2. The summed E-state index contributed by atoms with van der Waals surface area (Å²) in [4.78, 5) is 68.8. The predicted molar refractivity (Wildman–Crippen MR) is 137 cm³/mol. The van der Waals surface area contributed by atoms with E-state index < -0.39 is 63.3 Å². The quantitative estimate of drug-likeness (QED) is 0.383. The number of ketones is 4. The van der Waals surface area contributed by atoms with Gasteiger partial charge in [-0.2, -0.15) is 0 Å². The van der Waals surface area contributed by atoms with Gasteiger partial charge in [0.1, 0.15) is 5.75 Å². The molecule has 2 fully saturated rings. The van der Waals surface area contributed by atoms with Crippen molar-refractivity contribution in [2.75, 3.05) is 20.6 Å². The Bertz CT molecular complexity index is 1260. The summed E-state index contributed by atoms with van der Waals surface area (Å²) in [5.41, 5.74) is 1.31. The fraction of sp³-hybridized carbons (Fsp3) is 0.607. The molecule has 3 aliphatic carbocycles. The molecule has 1 aromatic rings. The molecule has 0 spiro atoms. The number of phenols is 1. The van der Waals surface area contributed by atoms with Crippen molar-refractivity contribution >= 4 is 29.0 Å². The van der Waals surface area contributed by atoms with E-state index in [0.717, 1.165) is 12.1 Å². The fourth-order valence-electron chi connectivity index (χ4n) is 7.44. The Labute approximate surface area is 221 Å². The van der Waals surface area contributed by atoms with Crippen molar-refractivity contribution in [2.45, 2.75) is 58.7 Å². The van der Waals surface area contributed by atoms with Crippen molar-refractivity contribution in [3.8, 4) is 5.75 Å². The first-order chi connectivity index (χ1) is 17.5. The third kappa shape index (κ3) is 3.68. The molecule has 5 N–H and O–H groups in total. The van der Waals surface area contributed by atoms with E-state index in [-0.39, 0.29) is 24.2 Å². The monoisotopic (exact) mass is 527 g/mol. The van der Waals surface area contributed by atoms with Gasteiger partial charge in [-0.25, -0.2) is 0 Å². The molecule has 0 saturated heterocycles. The van der Waals surface area contributed by atoms with Crippen LogP contribution >= 0.6 is 0 Å². The predicted octanol–water partition coefficient (Wildman–Crippen LogP) is 0.393. The number of nitrogens with one attached hydrogen (secondary N) is 1. The van der Waals surface area contributed by atoms with Crippen LogP contribution in [0.1, 0.15) is 55.6 Å². The third-order valence-electron chi connectivity index (χ3n) is 8.84. The van der Waals surface area contributed by atoms with E-state index in [0.29, 0.717) is 18.0 Å². The number of aromatic hydroxyl groups is 1. The molecule has 6 atom stereocenters. The Morgan fingerprint density at radius 2 is 1.79 bits per heavy atom. The number of carbonyl (C=O) groups excluding carboxylic acids is 5. The number of aliphatic hydroxyl groups is 1. The third-order valence-corrected chi connectivity index (χ3v) is 8.84. The number of phenolic OH excluding ortho intramolecular Hbond substituents is 1. The molecule has 10 nitrogen and oxygen atoms in total. The van der Waals surface area contributed by atoms with E-state index in [1.165, 1.54) is 17.9 Å². The largest absolute Gasteiger partial charge is 0.507 e. The molecule has 1 aromatic carbocycles. The Kier molecular flexibility index (Phi) is 6.70. The highest BCUT2D eigenvalue weighted by Crippen LogP contribution is 2.61. The smallest absolute Gasteiger partial charge is 0.235 e. The molecular formula is C28H37N3O7. The second-order valence-electron chi connectivity index (χ2n) is 12.4. The highest BCUT2D eigenvalue weighted by Gasteiger charge is 2.76. The molecule has 4 rings (SSSR count). The molecule has 3 aliphatic rings. The number of rotatable bonds is 6. The molecule has 2 saturated carbocycles. The highest BCUT2D eigenvalue weighted by atomic mass is 16.3. The molecule has 0 aromatic heterocycles. The summed E-state index contributed by atoms with van der Waals surface area (Å²) in [6.45, 7) is 8.57. The number of likely N-dealkylation sites (N-methyl/N-ethyl adjacent to an activating group) is 1. The van der Waals surface area contributed by atoms with Gasteiger partial charge in [0.05, 0.1) is 17.5 Å². The van der Waals surface area contributed by atoms with Crippen LogP contribution in [0.25, 0.3) is 0 Å². The molecule has 10 heteroatoms. The maximum atomic E-state index is 14.2. The van der Waals surface area contributed by atoms with Crippen molar-refractivity contribution in [3.63, 3.8) is 0 Å². The van der Waals surface area contributed by atoms with Crippen LogP contribution in [0.4, 0.5) is 0 Å². The van der Waals surface area contributed by atoms with Crippen LogP contribution in [-0.2, 0) is 32.1 Å². The van der Waals surface area contributed by atoms with Crippen LogP contribution < -0.4 is 11.1 Å². The molecule has 38 heavy (non-hydrogen) atoms. The van der Waals surface area contributed by atoms with Gasteiger partial charge in [0.15, 0.2) is 34.7 Å². The average molecular weight is 528 g/mol. The van der Waals surface area contributed by atoms with Crippen LogP contribution in [0.15, 0.2) is 12.1 Å². The van der Waals surface area contributed by atoms with Gasteiger partial charge in [-0.1, -0.05) is 33.8 Å². The van der Waals surface area contributed by atoms with Crippen LogP contribution in [0.5, 0.6) is 5.75 Å². The zero-order valence-electron chi connectivity index (χ0n) is 22.8. The van der Waals surface area contributed by atoms with Crippen molar-refractivity contribution in [1.29, 1.82) is 0 Å². The number of nitrogens with zero attached hydrogens (tertiary/aromatic N) is 1. The molecule has 0 bridgehead atoms. The lowest BCUT2D eigenvalue weighted by atomic mass is 9.42. The van der Waals surface area contributed by atoms with E-state index in [4.69, 9.17) is 5.73 Å². The summed E-state index contributed by atoms with van der Waals surface area (Å²) >= 11 is 0. The number of hydrogen-bond acceptors (Lipinski definition) is 9. The average Bonchev–Trinajstić information content (AvgIpc) is 2.77. The van der Waals surface area contributed by atoms with Crippen molar-refractivity contribution in [3.05, 3.63) is 28.8 Å². The van der Waals surface area contributed by atoms with E-state index >= 15 is 0 Å². The van der Waals surface area contributed by atoms with E-state index in [2.05, 4.69) is 19.2 Å². The number of primary amides is 1. The maximum Gasteiger partial charge on any atom is 0.235 e. The minimum atomic E-state index is -2.79. The van der Waals surface area contributed by atoms with Gasteiger partial charge >= 0.3 is 0 Å². The molecule has 2 unspecified atom stereocenters. The lowest BCUT2D eigenvalue weighted by Gasteiger charge is -2.61. The SMILES string of the molecule is CC(C)CNCc1ccc(O)c2c1C[C@@]1(C)C[C@@]3(C)[C@H](N(C)C)C(=O)C(C(N)=O)C(=O)[C@@]3(O)C(=O)C1C2=O. The Morgan fingerprint density at radius 1 is 1.16 bits per heavy atom. The van der Waals surface area contributed by atoms with Crippen LogP contribution in [0.2, 0.25) is 0 Å². The Hall–Kier alpha value is -2.95. The van der Waals surface area contributed by atoms with E-state index in [1.54, 1.807) is 27.1 Å². The summed E-state index contributed by atoms with van der Waals surface area (Å²) in [6.07, 6.45) is 0.184. The molecule has 0 heterocycles. The summed E-state index contributed by atoms with van der Waals surface area (Å²) in [5, 5.41) is 26.0. The van der Waals surface area contributed by atoms with Gasteiger partial charge in [0, 0.05) is 12.0 Å². The lowest BCUT2D eigenvalue weighted by Crippen LogP contribution is -2.79. The Balaban J connectivity index is 1.90. The summed E-state index contributed by atoms with van der Waals surface area (Å²) in [6, 6.07) is 1.97. The molecular weight excluding hydrogens is 490 g/mol. The number of Topliss-reactive ketones (excluding diaryl/α,β-unsaturated/α-hetero) is 4. The second-order valence-corrected chi connectivity index (χ2v) is 12.4. The van der Waals surface area contributed by atoms with Crippen molar-refractivity contribution in [1.82, 2.24) is 10.2 Å². The minimum absolute atomic E-state index is 0.00632. The number of amides is 1. The summed E-state index contributed by atoms with van der Waals surface area (Å²) < 4.78 is 0. The number of benzene rings is 1. The van der Waals surface area contributed by atoms with Crippen molar-refractivity contribution < 1.29 is 34.2 Å². The van der Waals surface area contributed by atoms with Gasteiger partial charge in [-0.15, -0.1) is 0 Å². The van der Waals surface area contributed by atoms with Crippen LogP contribution in [0.3, 0.4) is 0 Å². The van der Waals surface area contributed by atoms with E-state index in [1.807, 2.05) is 0 Å². The van der Waals surface area contributed by atoms with Gasteiger partial charge in [-0.3, -0.25) is 28.9 Å². The first-order valence-electron chi connectivity index (χ1n) is 12.9. The number of fused-ring (bicyclic) bond motifs is 3. The molecule has 0 aliphatic heterocycles. The van der Waals surface area contributed by atoms with E-state index in [9.17, 15) is 34.2 Å². The van der Waals surface area contributed by atoms with Gasteiger partial charge in [0.25, 0.3) is 0 Å². The lowest BCUT2D eigenvalue weighted by molar-refractivity contribution is -0.203. The standard InChI is InChI=1S/C28H37N3O7/c1-13(2)10-30-11-14-7-8-16(32)17-15(14)9-26(3)12-27(4)22(31(5)6)21(34)18(25(29)37)23(35)28(27,38)24(36)19(26)20(17)33/h7-8,13,18-19,22,30,32,38H,9-12H2,1-6H3,(H2,29,37)/t18?,19?,22-,26+,27+,28-/m1/s1. The normalized spacial score (nSPS) is 34.8. The minimum Gasteiger partial charge on any atom is -0.507 e.